The molecule has 1 saturated heterocycles. The average molecular weight is 262 g/mol. The number of amides is 1. The summed E-state index contributed by atoms with van der Waals surface area (Å²) in [5.41, 5.74) is 0. The van der Waals surface area contributed by atoms with Crippen molar-refractivity contribution in [2.45, 2.75) is 44.6 Å². The lowest BCUT2D eigenvalue weighted by atomic mass is 9.99. The van der Waals surface area contributed by atoms with Gasteiger partial charge in [0.05, 0.1) is 13.5 Å². The molecular weight excluding hydrogens is 242 g/mol. The SMILES string of the molecule is COC(=O)CC1CCCCN1C(=O)CCCCl. The quantitative estimate of drug-likeness (QED) is 0.561. The van der Waals surface area contributed by atoms with E-state index in [1.54, 1.807) is 0 Å². The molecule has 5 heteroatoms. The summed E-state index contributed by atoms with van der Waals surface area (Å²) in [4.78, 5) is 25.1. The number of methoxy groups -OCH3 is 1. The zero-order chi connectivity index (χ0) is 12.7. The zero-order valence-electron chi connectivity index (χ0n) is 10.3. The summed E-state index contributed by atoms with van der Waals surface area (Å²) in [5.74, 6) is 0.368. The molecule has 0 aromatic carbocycles. The van der Waals surface area contributed by atoms with Crippen LogP contribution in [0.1, 0.15) is 38.5 Å². The van der Waals surface area contributed by atoms with Gasteiger partial charge in [-0.05, 0) is 25.7 Å². The number of esters is 1. The van der Waals surface area contributed by atoms with Crippen LogP contribution in [0.3, 0.4) is 0 Å². The molecule has 98 valence electrons. The molecule has 1 aliphatic heterocycles. The third kappa shape index (κ3) is 4.54. The number of hydrogen-bond donors (Lipinski definition) is 0. The van der Waals surface area contributed by atoms with Crippen LogP contribution in [0.5, 0.6) is 0 Å². The lowest BCUT2D eigenvalue weighted by molar-refractivity contribution is -0.144. The molecule has 17 heavy (non-hydrogen) atoms. The number of piperidine rings is 1. The molecule has 1 amide bonds. The minimum atomic E-state index is -0.243. The lowest BCUT2D eigenvalue weighted by Crippen LogP contribution is -2.44. The second kappa shape index (κ2) is 7.54. The number of halogens is 1. The largest absolute Gasteiger partial charge is 0.469 e. The molecule has 1 rings (SSSR count). The third-order valence-corrected chi connectivity index (χ3v) is 3.37. The van der Waals surface area contributed by atoms with E-state index in [1.807, 2.05) is 4.90 Å². The van der Waals surface area contributed by atoms with Gasteiger partial charge in [0.1, 0.15) is 0 Å². The molecular formula is C12H20ClNO3. The fraction of sp³-hybridized carbons (Fsp3) is 0.833. The van der Waals surface area contributed by atoms with Crippen LogP contribution in [0.15, 0.2) is 0 Å². The molecule has 0 aromatic heterocycles. The van der Waals surface area contributed by atoms with Gasteiger partial charge in [0.2, 0.25) is 5.91 Å². The monoisotopic (exact) mass is 261 g/mol. The predicted octanol–water partition coefficient (Wildman–Crippen LogP) is 1.95. The number of carbonyl (C=O) groups is 2. The van der Waals surface area contributed by atoms with Crippen LogP contribution >= 0.6 is 11.6 Å². The Morgan fingerprint density at radius 3 is 2.82 bits per heavy atom. The Labute approximate surface area is 107 Å². The fourth-order valence-corrected chi connectivity index (χ4v) is 2.31. The van der Waals surface area contributed by atoms with Crippen LogP contribution in [0.25, 0.3) is 0 Å². The number of ether oxygens (including phenoxy) is 1. The van der Waals surface area contributed by atoms with Crippen molar-refractivity contribution in [3.63, 3.8) is 0 Å². The fourth-order valence-electron chi connectivity index (χ4n) is 2.18. The molecule has 4 nitrogen and oxygen atoms in total. The van der Waals surface area contributed by atoms with Crippen LogP contribution in [0.2, 0.25) is 0 Å². The molecule has 1 atom stereocenters. The van der Waals surface area contributed by atoms with E-state index >= 15 is 0 Å². The first-order valence-corrected chi connectivity index (χ1v) is 6.64. The van der Waals surface area contributed by atoms with Crippen LogP contribution in [-0.4, -0.2) is 42.4 Å². The van der Waals surface area contributed by atoms with Gasteiger partial charge >= 0.3 is 5.97 Å². The molecule has 1 heterocycles. The highest BCUT2D eigenvalue weighted by molar-refractivity contribution is 6.17. The zero-order valence-corrected chi connectivity index (χ0v) is 11.0. The van der Waals surface area contributed by atoms with Crippen molar-refractivity contribution in [3.05, 3.63) is 0 Å². The normalized spacial score (nSPS) is 20.1. The van der Waals surface area contributed by atoms with Crippen LogP contribution in [0.4, 0.5) is 0 Å². The van der Waals surface area contributed by atoms with Gasteiger partial charge in [0.25, 0.3) is 0 Å². The molecule has 0 radical (unpaired) electrons. The predicted molar refractivity (Wildman–Crippen MR) is 65.9 cm³/mol. The summed E-state index contributed by atoms with van der Waals surface area (Å²) in [6.45, 7) is 0.753. The van der Waals surface area contributed by atoms with Gasteiger partial charge in [-0.2, -0.15) is 0 Å². The van der Waals surface area contributed by atoms with E-state index in [4.69, 9.17) is 11.6 Å². The van der Waals surface area contributed by atoms with E-state index in [2.05, 4.69) is 4.74 Å². The van der Waals surface area contributed by atoms with Gasteiger partial charge in [-0.25, -0.2) is 0 Å². The van der Waals surface area contributed by atoms with Crippen molar-refractivity contribution in [1.29, 1.82) is 0 Å². The molecule has 0 saturated carbocycles. The summed E-state index contributed by atoms with van der Waals surface area (Å²) in [6, 6.07) is 0.0130. The highest BCUT2D eigenvalue weighted by Gasteiger charge is 2.28. The Balaban J connectivity index is 2.52. The molecule has 0 N–H and O–H groups in total. The van der Waals surface area contributed by atoms with Gasteiger partial charge in [-0.3, -0.25) is 9.59 Å². The smallest absolute Gasteiger partial charge is 0.307 e. The van der Waals surface area contributed by atoms with Gasteiger partial charge in [0.15, 0.2) is 0 Å². The standard InChI is InChI=1S/C12H20ClNO3/c1-17-12(16)9-10-5-2-3-8-14(10)11(15)6-4-7-13/h10H,2-9H2,1H3. The third-order valence-electron chi connectivity index (χ3n) is 3.10. The first-order valence-electron chi connectivity index (χ1n) is 6.11. The highest BCUT2D eigenvalue weighted by atomic mass is 35.5. The number of carbonyl (C=O) groups excluding carboxylic acids is 2. The molecule has 0 spiro atoms. The van der Waals surface area contributed by atoms with Gasteiger partial charge in [-0.1, -0.05) is 0 Å². The summed E-state index contributed by atoms with van der Waals surface area (Å²) in [6.07, 6.45) is 4.46. The molecule has 0 aliphatic carbocycles. The second-order valence-corrected chi connectivity index (χ2v) is 4.69. The Bertz CT molecular complexity index is 270. The first-order chi connectivity index (χ1) is 8.19. The van der Waals surface area contributed by atoms with Crippen molar-refractivity contribution in [1.82, 2.24) is 4.90 Å². The van der Waals surface area contributed by atoms with Crippen molar-refractivity contribution in [3.8, 4) is 0 Å². The Kier molecular flexibility index (Phi) is 6.34. The summed E-state index contributed by atoms with van der Waals surface area (Å²) in [7, 11) is 1.38. The van der Waals surface area contributed by atoms with E-state index in [0.29, 0.717) is 25.1 Å². The highest BCUT2D eigenvalue weighted by Crippen LogP contribution is 2.21. The van der Waals surface area contributed by atoms with Gasteiger partial charge < -0.3 is 9.64 Å². The van der Waals surface area contributed by atoms with Crippen molar-refractivity contribution in [2.24, 2.45) is 0 Å². The van der Waals surface area contributed by atoms with E-state index in [-0.39, 0.29) is 17.9 Å². The molecule has 0 bridgehead atoms. The van der Waals surface area contributed by atoms with Crippen LogP contribution in [0, 0.1) is 0 Å². The van der Waals surface area contributed by atoms with E-state index < -0.39 is 0 Å². The maximum Gasteiger partial charge on any atom is 0.307 e. The topological polar surface area (TPSA) is 46.6 Å². The summed E-state index contributed by atoms with van der Waals surface area (Å²) in [5, 5.41) is 0. The molecule has 1 aliphatic rings. The molecule has 1 fully saturated rings. The van der Waals surface area contributed by atoms with Gasteiger partial charge in [-0.15, -0.1) is 11.6 Å². The average Bonchev–Trinajstić information content (AvgIpc) is 2.36. The number of nitrogens with zero attached hydrogens (tertiary/aromatic N) is 1. The van der Waals surface area contributed by atoms with Crippen LogP contribution < -0.4 is 0 Å². The van der Waals surface area contributed by atoms with Crippen molar-refractivity contribution in [2.75, 3.05) is 19.5 Å². The molecule has 1 unspecified atom stereocenters. The number of likely N-dealkylation sites (tertiary alicyclic amines) is 1. The minimum absolute atomic E-state index is 0.0130. The van der Waals surface area contributed by atoms with E-state index in [0.717, 1.165) is 25.8 Å². The second-order valence-electron chi connectivity index (χ2n) is 4.31. The van der Waals surface area contributed by atoms with E-state index in [9.17, 15) is 9.59 Å². The van der Waals surface area contributed by atoms with Gasteiger partial charge in [0, 0.05) is 24.9 Å². The van der Waals surface area contributed by atoms with Crippen LogP contribution in [-0.2, 0) is 14.3 Å². The Morgan fingerprint density at radius 1 is 1.41 bits per heavy atom. The van der Waals surface area contributed by atoms with E-state index in [1.165, 1.54) is 7.11 Å². The number of rotatable bonds is 5. The van der Waals surface area contributed by atoms with Crippen molar-refractivity contribution < 1.29 is 14.3 Å². The van der Waals surface area contributed by atoms with Crippen molar-refractivity contribution >= 4 is 23.5 Å². The number of alkyl halides is 1. The maximum atomic E-state index is 12.0. The summed E-state index contributed by atoms with van der Waals surface area (Å²) < 4.78 is 4.66. The Morgan fingerprint density at radius 2 is 2.18 bits per heavy atom. The molecule has 0 aromatic rings. The number of hydrogen-bond acceptors (Lipinski definition) is 3. The first kappa shape index (κ1) is 14.3. The maximum absolute atomic E-state index is 12.0. The summed E-state index contributed by atoms with van der Waals surface area (Å²) >= 11 is 5.58. The Hall–Kier alpha value is -0.770. The minimum Gasteiger partial charge on any atom is -0.469 e. The lowest BCUT2D eigenvalue weighted by Gasteiger charge is -2.35.